The molecule has 0 aromatic heterocycles. The first-order valence-electron chi connectivity index (χ1n) is 7.71. The number of hydrogen-bond acceptors (Lipinski definition) is 6. The van der Waals surface area contributed by atoms with Gasteiger partial charge in [0.15, 0.2) is 12.6 Å². The highest BCUT2D eigenvalue weighted by Gasteiger charge is 2.33. The lowest BCUT2D eigenvalue weighted by Gasteiger charge is -2.34. The van der Waals surface area contributed by atoms with Crippen molar-refractivity contribution in [2.45, 2.75) is 64.6 Å². The second kappa shape index (κ2) is 9.02. The number of methoxy groups -OCH3 is 1. The molecule has 0 aromatic rings. The maximum atomic E-state index is 9.83. The second-order valence-corrected chi connectivity index (χ2v) is 6.13. The Morgan fingerprint density at radius 2 is 1.86 bits per heavy atom. The smallest absolute Gasteiger partial charge is 0.161 e. The third kappa shape index (κ3) is 5.47. The molecule has 0 radical (unpaired) electrons. The minimum atomic E-state index is -1.34. The highest BCUT2D eigenvalue weighted by atomic mass is 16.7. The summed E-state index contributed by atoms with van der Waals surface area (Å²) in [5.74, 6) is -0.246. The summed E-state index contributed by atoms with van der Waals surface area (Å²) in [6.45, 7) is 4.26. The first-order valence-corrected chi connectivity index (χ1v) is 7.71. The molecule has 4 atom stereocenters. The van der Waals surface area contributed by atoms with E-state index in [1.165, 1.54) is 7.11 Å². The number of aliphatic hydroxyl groups is 3. The van der Waals surface area contributed by atoms with Gasteiger partial charge in [0, 0.05) is 18.4 Å². The van der Waals surface area contributed by atoms with Crippen LogP contribution in [0.15, 0.2) is 0 Å². The molecule has 21 heavy (non-hydrogen) atoms. The van der Waals surface area contributed by atoms with Gasteiger partial charge in [-0.1, -0.05) is 26.7 Å². The van der Waals surface area contributed by atoms with Gasteiger partial charge in [-0.15, -0.1) is 0 Å². The summed E-state index contributed by atoms with van der Waals surface area (Å²) in [5.41, 5.74) is -0.486. The zero-order valence-electron chi connectivity index (χ0n) is 13.3. The van der Waals surface area contributed by atoms with Crippen LogP contribution >= 0.6 is 0 Å². The fourth-order valence-corrected chi connectivity index (χ4v) is 2.72. The van der Waals surface area contributed by atoms with E-state index in [9.17, 15) is 15.3 Å². The van der Waals surface area contributed by atoms with Crippen LogP contribution in [0.25, 0.3) is 0 Å². The Kier molecular flexibility index (Phi) is 8.08. The lowest BCUT2D eigenvalue weighted by atomic mass is 9.86. The molecule has 3 N–H and O–H groups in total. The first kappa shape index (κ1) is 18.8. The van der Waals surface area contributed by atoms with Gasteiger partial charge in [-0.05, 0) is 19.3 Å². The topological polar surface area (TPSA) is 88.4 Å². The van der Waals surface area contributed by atoms with Gasteiger partial charge >= 0.3 is 0 Å². The van der Waals surface area contributed by atoms with Gasteiger partial charge in [-0.2, -0.15) is 0 Å². The average molecular weight is 306 g/mol. The zero-order valence-corrected chi connectivity index (χ0v) is 13.3. The number of ether oxygens (including phenoxy) is 3. The van der Waals surface area contributed by atoms with E-state index in [4.69, 9.17) is 14.2 Å². The fraction of sp³-hybridized carbons (Fsp3) is 1.00. The molecular formula is C15H30O6. The predicted molar refractivity (Wildman–Crippen MR) is 77.3 cm³/mol. The normalized spacial score (nSPS) is 27.6. The highest BCUT2D eigenvalue weighted by Crippen LogP contribution is 2.30. The molecule has 0 heterocycles. The minimum Gasteiger partial charge on any atom is -0.368 e. The molecule has 0 bridgehead atoms. The third-order valence-electron chi connectivity index (χ3n) is 4.56. The lowest BCUT2D eigenvalue weighted by molar-refractivity contribution is -0.205. The lowest BCUT2D eigenvalue weighted by Crippen LogP contribution is -2.39. The van der Waals surface area contributed by atoms with Gasteiger partial charge in [-0.3, -0.25) is 0 Å². The van der Waals surface area contributed by atoms with Gasteiger partial charge in [0.25, 0.3) is 0 Å². The monoisotopic (exact) mass is 306 g/mol. The molecule has 6 nitrogen and oxygen atoms in total. The molecule has 6 heteroatoms. The summed E-state index contributed by atoms with van der Waals surface area (Å²) in [6.07, 6.45) is 1.91. The number of hydrogen-bond donors (Lipinski definition) is 3. The quantitative estimate of drug-likeness (QED) is 0.438. The third-order valence-corrected chi connectivity index (χ3v) is 4.56. The van der Waals surface area contributed by atoms with E-state index < -0.39 is 18.0 Å². The molecular weight excluding hydrogens is 276 g/mol. The largest absolute Gasteiger partial charge is 0.368 e. The summed E-state index contributed by atoms with van der Waals surface area (Å²) in [6, 6.07) is 0. The van der Waals surface area contributed by atoms with Gasteiger partial charge in [-0.25, -0.2) is 0 Å². The van der Waals surface area contributed by atoms with Crippen molar-refractivity contribution in [3.05, 3.63) is 0 Å². The van der Waals surface area contributed by atoms with Crippen LogP contribution in [0.4, 0.5) is 0 Å². The van der Waals surface area contributed by atoms with Gasteiger partial charge < -0.3 is 29.5 Å². The van der Waals surface area contributed by atoms with E-state index in [2.05, 4.69) is 0 Å². The van der Waals surface area contributed by atoms with Gasteiger partial charge in [0.2, 0.25) is 0 Å². The van der Waals surface area contributed by atoms with Crippen LogP contribution < -0.4 is 0 Å². The van der Waals surface area contributed by atoms with Crippen molar-refractivity contribution in [2.75, 3.05) is 20.5 Å². The van der Waals surface area contributed by atoms with Crippen LogP contribution in [0.2, 0.25) is 0 Å². The molecule has 0 amide bonds. The Morgan fingerprint density at radius 1 is 1.19 bits per heavy atom. The molecule has 126 valence electrons. The van der Waals surface area contributed by atoms with E-state index in [0.29, 0.717) is 13.0 Å². The van der Waals surface area contributed by atoms with Crippen molar-refractivity contribution in [2.24, 2.45) is 11.3 Å². The molecule has 0 saturated heterocycles. The summed E-state index contributed by atoms with van der Waals surface area (Å²) in [5, 5.41) is 28.6. The van der Waals surface area contributed by atoms with Crippen LogP contribution in [0.5, 0.6) is 0 Å². The maximum Gasteiger partial charge on any atom is 0.161 e. The fourth-order valence-electron chi connectivity index (χ4n) is 2.72. The van der Waals surface area contributed by atoms with Gasteiger partial charge in [0.05, 0.1) is 12.7 Å². The summed E-state index contributed by atoms with van der Waals surface area (Å²) >= 11 is 0. The van der Waals surface area contributed by atoms with Crippen molar-refractivity contribution in [3.63, 3.8) is 0 Å². The molecule has 1 rings (SSSR count). The molecule has 0 aromatic carbocycles. The van der Waals surface area contributed by atoms with Crippen molar-refractivity contribution < 1.29 is 29.5 Å². The maximum absolute atomic E-state index is 9.83. The average Bonchev–Trinajstić information content (AvgIpc) is 2.50. The Morgan fingerprint density at radius 3 is 2.43 bits per heavy atom. The van der Waals surface area contributed by atoms with Crippen LogP contribution in [-0.2, 0) is 14.2 Å². The van der Waals surface area contributed by atoms with Crippen molar-refractivity contribution in [1.29, 1.82) is 0 Å². The van der Waals surface area contributed by atoms with E-state index in [1.807, 2.05) is 13.8 Å². The Hall–Kier alpha value is -0.240. The highest BCUT2D eigenvalue weighted by molar-refractivity contribution is 4.77. The number of rotatable bonds is 9. The minimum absolute atomic E-state index is 0.0832. The summed E-state index contributed by atoms with van der Waals surface area (Å²) in [7, 11) is 1.46. The Labute approximate surface area is 127 Å². The van der Waals surface area contributed by atoms with E-state index in [1.54, 1.807) is 0 Å². The summed E-state index contributed by atoms with van der Waals surface area (Å²) in [4.78, 5) is 0. The number of aliphatic hydroxyl groups excluding tert-OH is 2. The molecule has 1 aliphatic rings. The van der Waals surface area contributed by atoms with Crippen LogP contribution in [0.3, 0.4) is 0 Å². The van der Waals surface area contributed by atoms with Crippen LogP contribution in [0.1, 0.15) is 46.0 Å². The standard InChI is InChI=1S/C15H30O6/c1-4-15(2,14(18)19-3)9-20-10-21-12-8-6-5-7-11(12)13(16)17/h11-14,16-18H,4-10H2,1-3H3. The van der Waals surface area contributed by atoms with E-state index in [-0.39, 0.29) is 18.8 Å². The second-order valence-electron chi connectivity index (χ2n) is 6.13. The Balaban J connectivity index is 2.35. The molecule has 1 saturated carbocycles. The molecule has 4 unspecified atom stereocenters. The van der Waals surface area contributed by atoms with Crippen LogP contribution in [-0.4, -0.2) is 54.5 Å². The van der Waals surface area contributed by atoms with Crippen molar-refractivity contribution >= 4 is 0 Å². The molecule has 1 fully saturated rings. The molecule has 0 aliphatic heterocycles. The SMILES string of the molecule is CCC(C)(COCOC1CCCCC1C(O)O)C(O)OC. The summed E-state index contributed by atoms with van der Waals surface area (Å²) < 4.78 is 16.1. The Bertz CT molecular complexity index is 285. The van der Waals surface area contributed by atoms with E-state index in [0.717, 1.165) is 25.7 Å². The van der Waals surface area contributed by atoms with Crippen molar-refractivity contribution in [3.8, 4) is 0 Å². The van der Waals surface area contributed by atoms with Crippen LogP contribution in [0, 0.1) is 11.3 Å². The van der Waals surface area contributed by atoms with Gasteiger partial charge in [0.1, 0.15) is 6.79 Å². The predicted octanol–water partition coefficient (Wildman–Crippen LogP) is 1.23. The molecule has 1 aliphatic carbocycles. The first-order chi connectivity index (χ1) is 9.94. The van der Waals surface area contributed by atoms with E-state index >= 15 is 0 Å². The van der Waals surface area contributed by atoms with Crippen molar-refractivity contribution in [1.82, 2.24) is 0 Å². The zero-order chi connectivity index (χ0) is 15.9. The molecule has 0 spiro atoms.